The summed E-state index contributed by atoms with van der Waals surface area (Å²) in [4.78, 5) is 20.2. The third kappa shape index (κ3) is 4.63. The molecular formula is C20H24N2O2. The maximum atomic E-state index is 11.2. The van der Waals surface area contributed by atoms with Gasteiger partial charge in [-0.15, -0.1) is 0 Å². The number of rotatable bonds is 6. The zero-order chi connectivity index (χ0) is 16.9. The highest BCUT2D eigenvalue weighted by Crippen LogP contribution is 2.22. The molecule has 1 fully saturated rings. The Morgan fingerprint density at radius 3 is 2.46 bits per heavy atom. The van der Waals surface area contributed by atoms with Crippen molar-refractivity contribution >= 4 is 5.78 Å². The summed E-state index contributed by atoms with van der Waals surface area (Å²) in [6.45, 7) is 3.59. The van der Waals surface area contributed by atoms with Crippen LogP contribution in [0.5, 0.6) is 6.01 Å². The van der Waals surface area contributed by atoms with Crippen LogP contribution in [0.4, 0.5) is 0 Å². The van der Waals surface area contributed by atoms with Crippen LogP contribution in [0, 0.1) is 6.92 Å². The Bertz CT molecular complexity index is 704. The fraction of sp³-hybridized carbons (Fsp3) is 0.450. The molecule has 1 aromatic heterocycles. The second kappa shape index (κ2) is 7.56. The van der Waals surface area contributed by atoms with Gasteiger partial charge in [0.2, 0.25) is 0 Å². The standard InChI is InChI=1S/C20H24N2O2/c1-14-11-18(22-20(21-14)24-19-5-3-4-6-19)13-17-9-7-16(8-10-17)12-15(2)23/h7-11,19H,3-6,12-13H2,1-2H3. The summed E-state index contributed by atoms with van der Waals surface area (Å²) < 4.78 is 5.94. The lowest BCUT2D eigenvalue weighted by atomic mass is 10.0. The Balaban J connectivity index is 1.69. The Morgan fingerprint density at radius 1 is 1.12 bits per heavy atom. The normalized spacial score (nSPS) is 14.8. The van der Waals surface area contributed by atoms with Crippen molar-refractivity contribution in [2.24, 2.45) is 0 Å². The van der Waals surface area contributed by atoms with Crippen LogP contribution in [-0.2, 0) is 17.6 Å². The lowest BCUT2D eigenvalue weighted by Crippen LogP contribution is -2.14. The molecule has 0 aliphatic heterocycles. The largest absolute Gasteiger partial charge is 0.460 e. The molecule has 1 saturated carbocycles. The summed E-state index contributed by atoms with van der Waals surface area (Å²) in [5.74, 6) is 0.183. The van der Waals surface area contributed by atoms with E-state index < -0.39 is 0 Å². The van der Waals surface area contributed by atoms with Gasteiger partial charge in [0.05, 0.1) is 5.69 Å². The molecule has 126 valence electrons. The first-order chi connectivity index (χ1) is 11.6. The number of nitrogens with zero attached hydrogens (tertiary/aromatic N) is 2. The van der Waals surface area contributed by atoms with Crippen molar-refractivity contribution in [1.29, 1.82) is 0 Å². The molecular weight excluding hydrogens is 300 g/mol. The van der Waals surface area contributed by atoms with Gasteiger partial charge in [-0.25, -0.2) is 4.98 Å². The van der Waals surface area contributed by atoms with Gasteiger partial charge in [0.1, 0.15) is 11.9 Å². The fourth-order valence-corrected chi connectivity index (χ4v) is 3.17. The van der Waals surface area contributed by atoms with Gasteiger partial charge >= 0.3 is 6.01 Å². The molecule has 4 nitrogen and oxygen atoms in total. The number of aryl methyl sites for hydroxylation is 1. The van der Waals surface area contributed by atoms with Gasteiger partial charge in [-0.05, 0) is 56.7 Å². The van der Waals surface area contributed by atoms with Gasteiger partial charge in [0, 0.05) is 18.5 Å². The number of hydrogen-bond donors (Lipinski definition) is 0. The number of ketones is 1. The molecule has 0 N–H and O–H groups in total. The Hall–Kier alpha value is -2.23. The zero-order valence-electron chi connectivity index (χ0n) is 14.4. The van der Waals surface area contributed by atoms with E-state index in [1.165, 1.54) is 18.4 Å². The molecule has 3 rings (SSSR count). The maximum Gasteiger partial charge on any atom is 0.317 e. The third-order valence-electron chi connectivity index (χ3n) is 4.32. The predicted molar refractivity (Wildman–Crippen MR) is 93.3 cm³/mol. The molecule has 0 bridgehead atoms. The first kappa shape index (κ1) is 16.6. The van der Waals surface area contributed by atoms with Crippen LogP contribution in [0.2, 0.25) is 0 Å². The van der Waals surface area contributed by atoms with Crippen molar-refractivity contribution < 1.29 is 9.53 Å². The van der Waals surface area contributed by atoms with E-state index in [0.717, 1.165) is 36.2 Å². The highest BCUT2D eigenvalue weighted by Gasteiger charge is 2.18. The van der Waals surface area contributed by atoms with Crippen molar-refractivity contribution in [3.8, 4) is 6.01 Å². The van der Waals surface area contributed by atoms with Gasteiger partial charge < -0.3 is 4.74 Å². The molecule has 0 radical (unpaired) electrons. The topological polar surface area (TPSA) is 52.1 Å². The van der Waals surface area contributed by atoms with Gasteiger partial charge in [-0.1, -0.05) is 24.3 Å². The summed E-state index contributed by atoms with van der Waals surface area (Å²) >= 11 is 0. The van der Waals surface area contributed by atoms with E-state index in [0.29, 0.717) is 12.4 Å². The summed E-state index contributed by atoms with van der Waals surface area (Å²) in [5.41, 5.74) is 4.12. The molecule has 1 aromatic carbocycles. The average Bonchev–Trinajstić information content (AvgIpc) is 3.01. The molecule has 0 atom stereocenters. The van der Waals surface area contributed by atoms with Crippen LogP contribution in [0.15, 0.2) is 30.3 Å². The molecule has 0 amide bonds. The van der Waals surface area contributed by atoms with E-state index in [2.05, 4.69) is 22.1 Å². The minimum absolute atomic E-state index is 0.183. The summed E-state index contributed by atoms with van der Waals surface area (Å²) in [7, 11) is 0. The van der Waals surface area contributed by atoms with E-state index in [-0.39, 0.29) is 11.9 Å². The molecule has 1 aliphatic carbocycles. The van der Waals surface area contributed by atoms with Gasteiger partial charge in [-0.2, -0.15) is 4.98 Å². The lowest BCUT2D eigenvalue weighted by molar-refractivity contribution is -0.116. The van der Waals surface area contributed by atoms with Crippen molar-refractivity contribution in [3.63, 3.8) is 0 Å². The Morgan fingerprint density at radius 2 is 1.79 bits per heavy atom. The van der Waals surface area contributed by atoms with Gasteiger partial charge in [0.15, 0.2) is 0 Å². The molecule has 4 heteroatoms. The summed E-state index contributed by atoms with van der Waals surface area (Å²) in [5, 5.41) is 0. The lowest BCUT2D eigenvalue weighted by Gasteiger charge is -2.12. The quantitative estimate of drug-likeness (QED) is 0.810. The highest BCUT2D eigenvalue weighted by molar-refractivity contribution is 5.78. The molecule has 0 unspecified atom stereocenters. The monoisotopic (exact) mass is 324 g/mol. The molecule has 0 saturated heterocycles. The minimum Gasteiger partial charge on any atom is -0.460 e. The van der Waals surface area contributed by atoms with Gasteiger partial charge in [-0.3, -0.25) is 4.79 Å². The molecule has 2 aromatic rings. The van der Waals surface area contributed by atoms with Crippen molar-refractivity contribution in [1.82, 2.24) is 9.97 Å². The number of ether oxygens (including phenoxy) is 1. The van der Waals surface area contributed by atoms with Crippen molar-refractivity contribution in [3.05, 3.63) is 52.8 Å². The third-order valence-corrected chi connectivity index (χ3v) is 4.32. The number of Topliss-reactive ketones (excluding diaryl/α,β-unsaturated/α-hetero) is 1. The maximum absolute atomic E-state index is 11.2. The van der Waals surface area contributed by atoms with Crippen LogP contribution in [0.3, 0.4) is 0 Å². The smallest absolute Gasteiger partial charge is 0.317 e. The number of hydrogen-bond acceptors (Lipinski definition) is 4. The van der Waals surface area contributed by atoms with Crippen LogP contribution in [0.25, 0.3) is 0 Å². The SMILES string of the molecule is CC(=O)Cc1ccc(Cc2cc(C)nc(OC3CCCC3)n2)cc1. The van der Waals surface area contributed by atoms with E-state index in [1.54, 1.807) is 6.92 Å². The van der Waals surface area contributed by atoms with E-state index >= 15 is 0 Å². The van der Waals surface area contributed by atoms with E-state index in [1.807, 2.05) is 25.1 Å². The highest BCUT2D eigenvalue weighted by atomic mass is 16.5. The van der Waals surface area contributed by atoms with Crippen molar-refractivity contribution in [2.75, 3.05) is 0 Å². The summed E-state index contributed by atoms with van der Waals surface area (Å²) in [6, 6.07) is 10.7. The average molecular weight is 324 g/mol. The minimum atomic E-state index is 0.183. The van der Waals surface area contributed by atoms with Crippen LogP contribution < -0.4 is 4.74 Å². The second-order valence-corrected chi connectivity index (χ2v) is 6.68. The molecule has 0 spiro atoms. The van der Waals surface area contributed by atoms with E-state index in [9.17, 15) is 4.79 Å². The number of benzene rings is 1. The number of carbonyl (C=O) groups excluding carboxylic acids is 1. The number of carbonyl (C=O) groups is 1. The second-order valence-electron chi connectivity index (χ2n) is 6.68. The Labute approximate surface area is 143 Å². The van der Waals surface area contributed by atoms with Crippen molar-refractivity contribution in [2.45, 2.75) is 58.5 Å². The number of aromatic nitrogens is 2. The van der Waals surface area contributed by atoms with Gasteiger partial charge in [0.25, 0.3) is 0 Å². The molecule has 24 heavy (non-hydrogen) atoms. The van der Waals surface area contributed by atoms with Crippen LogP contribution >= 0.6 is 0 Å². The summed E-state index contributed by atoms with van der Waals surface area (Å²) in [6.07, 6.45) is 6.17. The van der Waals surface area contributed by atoms with E-state index in [4.69, 9.17) is 4.74 Å². The Kier molecular flexibility index (Phi) is 5.24. The predicted octanol–water partition coefficient (Wildman–Crippen LogP) is 3.83. The van der Waals surface area contributed by atoms with Crippen LogP contribution in [-0.4, -0.2) is 21.9 Å². The first-order valence-electron chi connectivity index (χ1n) is 8.67. The first-order valence-corrected chi connectivity index (χ1v) is 8.67. The molecule has 1 aliphatic rings. The zero-order valence-corrected chi connectivity index (χ0v) is 14.4. The fourth-order valence-electron chi connectivity index (χ4n) is 3.17. The molecule has 1 heterocycles. The van der Waals surface area contributed by atoms with Crippen LogP contribution in [0.1, 0.15) is 55.1 Å².